The van der Waals surface area contributed by atoms with Crippen LogP contribution in [-0.2, 0) is 11.3 Å². The van der Waals surface area contributed by atoms with Gasteiger partial charge in [0.05, 0.1) is 28.3 Å². The summed E-state index contributed by atoms with van der Waals surface area (Å²) in [5.74, 6) is 0.669. The van der Waals surface area contributed by atoms with Gasteiger partial charge in [-0.1, -0.05) is 37.0 Å². The molecule has 0 aromatic carbocycles. The molecule has 160 valence electrons. The number of hydrogen-bond acceptors (Lipinski definition) is 5. The molecule has 3 aromatic rings. The van der Waals surface area contributed by atoms with E-state index < -0.39 is 0 Å². The van der Waals surface area contributed by atoms with E-state index in [1.54, 1.807) is 6.20 Å². The van der Waals surface area contributed by atoms with Crippen LogP contribution in [-0.4, -0.2) is 48.2 Å². The number of likely N-dealkylation sites (tertiary alicyclic amines) is 1. The van der Waals surface area contributed by atoms with E-state index in [4.69, 9.17) is 23.2 Å². The number of nitrogens with zero attached hydrogens (tertiary/aromatic N) is 6. The lowest BCUT2D eigenvalue weighted by Crippen LogP contribution is -2.41. The van der Waals surface area contributed by atoms with Gasteiger partial charge in [-0.25, -0.2) is 4.98 Å². The Morgan fingerprint density at radius 1 is 1.27 bits per heavy atom. The number of nitrogens with one attached hydrogen (secondary N) is 1. The van der Waals surface area contributed by atoms with E-state index in [1.807, 2.05) is 47.3 Å². The topological polar surface area (TPSA) is 80.9 Å². The highest BCUT2D eigenvalue weighted by molar-refractivity contribution is 6.35. The second kappa shape index (κ2) is 8.43. The molecule has 0 unspecified atom stereocenters. The van der Waals surface area contributed by atoms with Gasteiger partial charge in [-0.2, -0.15) is 10.1 Å². The highest BCUT2D eigenvalue weighted by Gasteiger charge is 2.26. The zero-order valence-electron chi connectivity index (χ0n) is 17.3. The number of piperidine rings is 1. The van der Waals surface area contributed by atoms with Crippen molar-refractivity contribution in [2.45, 2.75) is 46.2 Å². The first-order chi connectivity index (χ1) is 14.4. The quantitative estimate of drug-likeness (QED) is 0.619. The summed E-state index contributed by atoms with van der Waals surface area (Å²) in [5.41, 5.74) is 1.42. The van der Waals surface area contributed by atoms with Crippen molar-refractivity contribution in [1.82, 2.24) is 29.2 Å². The van der Waals surface area contributed by atoms with Crippen molar-refractivity contribution in [1.29, 1.82) is 0 Å². The van der Waals surface area contributed by atoms with E-state index in [2.05, 4.69) is 20.4 Å². The number of aryl methyl sites for hydroxylation is 1. The first-order valence-electron chi connectivity index (χ1n) is 10.2. The van der Waals surface area contributed by atoms with E-state index in [1.165, 1.54) is 0 Å². The molecule has 0 atom stereocenters. The Bertz CT molecular complexity index is 1070. The van der Waals surface area contributed by atoms with Gasteiger partial charge in [0.15, 0.2) is 5.15 Å². The van der Waals surface area contributed by atoms with E-state index in [-0.39, 0.29) is 17.9 Å². The maximum Gasteiger partial charge on any atom is 0.229 e. The van der Waals surface area contributed by atoms with Crippen LogP contribution in [0.4, 0.5) is 11.6 Å². The van der Waals surface area contributed by atoms with Gasteiger partial charge in [-0.3, -0.25) is 9.48 Å². The second-order valence-electron chi connectivity index (χ2n) is 7.84. The van der Waals surface area contributed by atoms with Crippen LogP contribution < -0.4 is 5.32 Å². The van der Waals surface area contributed by atoms with Gasteiger partial charge in [0.2, 0.25) is 11.9 Å². The Balaban J connectivity index is 1.49. The third-order valence-corrected chi connectivity index (χ3v) is 6.07. The standard InChI is InChI=1S/C20H25Cl2N7O/c1-4-27-10-15(21)14-9-23-20(25-18(14)27)24-16-11-29(26-17(16)22)13-5-7-28(8-6-13)19(30)12(2)3/h9-13H,4-8H2,1-3H3,(H,23,24,25). The number of carbonyl (C=O) groups is 1. The van der Waals surface area contributed by atoms with Crippen LogP contribution in [0.5, 0.6) is 0 Å². The Kier molecular flexibility index (Phi) is 5.88. The summed E-state index contributed by atoms with van der Waals surface area (Å²) < 4.78 is 3.85. The maximum atomic E-state index is 12.2. The predicted molar refractivity (Wildman–Crippen MR) is 118 cm³/mol. The van der Waals surface area contributed by atoms with E-state index in [0.29, 0.717) is 21.8 Å². The molecule has 0 aliphatic carbocycles. The number of fused-ring (bicyclic) bond motifs is 1. The third-order valence-electron chi connectivity index (χ3n) is 5.49. The summed E-state index contributed by atoms with van der Waals surface area (Å²) in [7, 11) is 0. The number of carbonyl (C=O) groups excluding carboxylic acids is 1. The van der Waals surface area contributed by atoms with E-state index >= 15 is 0 Å². The lowest BCUT2D eigenvalue weighted by molar-refractivity contribution is -0.135. The first-order valence-corrected chi connectivity index (χ1v) is 10.9. The van der Waals surface area contributed by atoms with Crippen molar-refractivity contribution in [2.24, 2.45) is 5.92 Å². The summed E-state index contributed by atoms with van der Waals surface area (Å²) >= 11 is 12.6. The lowest BCUT2D eigenvalue weighted by Gasteiger charge is -2.33. The third kappa shape index (κ3) is 3.98. The summed E-state index contributed by atoms with van der Waals surface area (Å²) in [6.07, 6.45) is 7.14. The van der Waals surface area contributed by atoms with Gasteiger partial charge in [-0.15, -0.1) is 0 Å². The number of halogens is 2. The maximum absolute atomic E-state index is 12.2. The molecular weight excluding hydrogens is 425 g/mol. The molecule has 1 saturated heterocycles. The van der Waals surface area contributed by atoms with Crippen LogP contribution in [0.1, 0.15) is 39.7 Å². The minimum absolute atomic E-state index is 0.0255. The monoisotopic (exact) mass is 449 g/mol. The van der Waals surface area contributed by atoms with Crippen LogP contribution >= 0.6 is 23.2 Å². The summed E-state index contributed by atoms with van der Waals surface area (Å²) in [4.78, 5) is 23.1. The molecule has 1 amide bonds. The summed E-state index contributed by atoms with van der Waals surface area (Å²) in [6.45, 7) is 8.13. The van der Waals surface area contributed by atoms with Gasteiger partial charge in [0.1, 0.15) is 5.65 Å². The van der Waals surface area contributed by atoms with Crippen molar-refractivity contribution in [3.63, 3.8) is 0 Å². The molecule has 1 aliphatic heterocycles. The average Bonchev–Trinajstić information content (AvgIpc) is 3.27. The van der Waals surface area contributed by atoms with Crippen molar-refractivity contribution >= 4 is 51.8 Å². The molecular formula is C20H25Cl2N7O. The Morgan fingerprint density at radius 2 is 2.00 bits per heavy atom. The molecule has 4 heterocycles. The molecule has 8 nitrogen and oxygen atoms in total. The van der Waals surface area contributed by atoms with Gasteiger partial charge in [-0.05, 0) is 19.8 Å². The molecule has 3 aromatic heterocycles. The number of aromatic nitrogens is 5. The minimum Gasteiger partial charge on any atom is -0.342 e. The Hall–Kier alpha value is -2.32. The van der Waals surface area contributed by atoms with E-state index in [9.17, 15) is 4.79 Å². The van der Waals surface area contributed by atoms with Gasteiger partial charge >= 0.3 is 0 Å². The number of amides is 1. The van der Waals surface area contributed by atoms with Crippen LogP contribution in [0, 0.1) is 5.92 Å². The van der Waals surface area contributed by atoms with Crippen molar-refractivity contribution in [3.05, 3.63) is 28.8 Å². The number of anilines is 2. The number of rotatable bonds is 5. The fourth-order valence-electron chi connectivity index (χ4n) is 3.81. The van der Waals surface area contributed by atoms with Crippen molar-refractivity contribution in [3.8, 4) is 0 Å². The molecule has 1 fully saturated rings. The lowest BCUT2D eigenvalue weighted by atomic mass is 10.0. The predicted octanol–water partition coefficient (Wildman–Crippen LogP) is 4.52. The fourth-order valence-corrected chi connectivity index (χ4v) is 4.24. The summed E-state index contributed by atoms with van der Waals surface area (Å²) in [5, 5.41) is 9.45. The van der Waals surface area contributed by atoms with Crippen molar-refractivity contribution in [2.75, 3.05) is 18.4 Å². The normalized spacial score (nSPS) is 15.3. The molecule has 0 saturated carbocycles. The molecule has 0 radical (unpaired) electrons. The summed E-state index contributed by atoms with van der Waals surface area (Å²) in [6, 6.07) is 0.203. The Labute approximate surface area is 185 Å². The highest BCUT2D eigenvalue weighted by Crippen LogP contribution is 2.30. The Morgan fingerprint density at radius 3 is 2.67 bits per heavy atom. The highest BCUT2D eigenvalue weighted by atomic mass is 35.5. The SMILES string of the molecule is CCn1cc(Cl)c2cnc(Nc3cn(C4CCN(C(=O)C(C)C)CC4)nc3Cl)nc21. The zero-order chi connectivity index (χ0) is 21.4. The van der Waals surface area contributed by atoms with Crippen LogP contribution in [0.15, 0.2) is 18.6 Å². The van der Waals surface area contributed by atoms with E-state index in [0.717, 1.165) is 43.5 Å². The molecule has 1 aliphatic rings. The fraction of sp³-hybridized carbons (Fsp3) is 0.500. The zero-order valence-corrected chi connectivity index (χ0v) is 18.8. The molecule has 30 heavy (non-hydrogen) atoms. The first kappa shape index (κ1) is 20.9. The van der Waals surface area contributed by atoms with Crippen LogP contribution in [0.2, 0.25) is 10.2 Å². The van der Waals surface area contributed by atoms with Gasteiger partial charge in [0.25, 0.3) is 0 Å². The van der Waals surface area contributed by atoms with Crippen LogP contribution in [0.3, 0.4) is 0 Å². The van der Waals surface area contributed by atoms with Gasteiger partial charge < -0.3 is 14.8 Å². The molecule has 1 N–H and O–H groups in total. The second-order valence-corrected chi connectivity index (χ2v) is 8.61. The molecule has 4 rings (SSSR count). The van der Waals surface area contributed by atoms with Crippen molar-refractivity contribution < 1.29 is 4.79 Å². The minimum atomic E-state index is 0.0255. The smallest absolute Gasteiger partial charge is 0.229 e. The molecule has 0 spiro atoms. The molecule has 0 bridgehead atoms. The molecule has 10 heteroatoms. The number of hydrogen-bond donors (Lipinski definition) is 1. The van der Waals surface area contributed by atoms with Crippen LogP contribution in [0.25, 0.3) is 11.0 Å². The largest absolute Gasteiger partial charge is 0.342 e. The van der Waals surface area contributed by atoms with Gasteiger partial charge in [0, 0.05) is 37.9 Å². The average molecular weight is 450 g/mol.